The first kappa shape index (κ1) is 23.0. The number of rotatable bonds is 5. The molecule has 2 aliphatic heterocycles. The Labute approximate surface area is 184 Å². The monoisotopic (exact) mass is 433 g/mol. The maximum absolute atomic E-state index is 12.1. The summed E-state index contributed by atoms with van der Waals surface area (Å²) < 4.78 is 11.2. The normalized spacial score (nSPS) is 17.6. The summed E-state index contributed by atoms with van der Waals surface area (Å²) in [5.74, 6) is 2.08. The van der Waals surface area contributed by atoms with Crippen LogP contribution in [0.1, 0.15) is 26.7 Å². The number of hydrogen-bond acceptors (Lipinski definition) is 6. The zero-order chi connectivity index (χ0) is 22.4. The lowest BCUT2D eigenvalue weighted by Gasteiger charge is -2.36. The van der Waals surface area contributed by atoms with Crippen LogP contribution in [0.25, 0.3) is 0 Å². The van der Waals surface area contributed by atoms with Crippen molar-refractivity contribution in [1.29, 1.82) is 0 Å². The van der Waals surface area contributed by atoms with Crippen LogP contribution in [0.3, 0.4) is 0 Å². The molecule has 0 atom stereocenters. The van der Waals surface area contributed by atoms with Crippen molar-refractivity contribution in [2.75, 3.05) is 64.9 Å². The van der Waals surface area contributed by atoms with Crippen LogP contribution in [0.2, 0.25) is 0 Å². The fraction of sp³-hybridized carbons (Fsp3) is 0.682. The van der Waals surface area contributed by atoms with Gasteiger partial charge in [-0.25, -0.2) is 14.6 Å². The van der Waals surface area contributed by atoms with Crippen LogP contribution in [0, 0.1) is 5.92 Å². The van der Waals surface area contributed by atoms with Gasteiger partial charge in [-0.05, 0) is 44.7 Å². The summed E-state index contributed by atoms with van der Waals surface area (Å²) in [4.78, 5) is 36.0. The molecule has 3 heterocycles. The van der Waals surface area contributed by atoms with Gasteiger partial charge in [0, 0.05) is 53.4 Å². The number of carbonyl (C=O) groups is 2. The highest BCUT2D eigenvalue weighted by Crippen LogP contribution is 2.22. The van der Waals surface area contributed by atoms with E-state index >= 15 is 0 Å². The third-order valence-electron chi connectivity index (χ3n) is 5.67. The highest BCUT2D eigenvalue weighted by Gasteiger charge is 2.25. The van der Waals surface area contributed by atoms with E-state index in [-0.39, 0.29) is 18.2 Å². The van der Waals surface area contributed by atoms with E-state index in [1.54, 1.807) is 30.1 Å². The van der Waals surface area contributed by atoms with Crippen LogP contribution >= 0.6 is 0 Å². The number of carbonyl (C=O) groups excluding carboxylic acids is 2. The Morgan fingerprint density at radius 3 is 2.29 bits per heavy atom. The highest BCUT2D eigenvalue weighted by molar-refractivity contribution is 5.74. The van der Waals surface area contributed by atoms with Crippen molar-refractivity contribution in [2.24, 2.45) is 5.92 Å². The third-order valence-corrected chi connectivity index (χ3v) is 5.67. The molecule has 2 fully saturated rings. The van der Waals surface area contributed by atoms with Crippen LogP contribution in [-0.4, -0.2) is 97.9 Å². The molecule has 0 aromatic carbocycles. The second kappa shape index (κ2) is 10.5. The minimum Gasteiger partial charge on any atom is -0.492 e. The lowest BCUT2D eigenvalue weighted by molar-refractivity contribution is 0.0608. The van der Waals surface area contributed by atoms with E-state index in [2.05, 4.69) is 9.88 Å². The topological polar surface area (TPSA) is 78.5 Å². The molecule has 3 amide bonds. The van der Waals surface area contributed by atoms with E-state index in [0.717, 1.165) is 37.5 Å². The molecule has 9 nitrogen and oxygen atoms in total. The summed E-state index contributed by atoms with van der Waals surface area (Å²) in [5, 5.41) is 0. The third kappa shape index (κ3) is 6.38. The van der Waals surface area contributed by atoms with Crippen molar-refractivity contribution >= 4 is 17.9 Å². The fourth-order valence-electron chi connectivity index (χ4n) is 3.83. The second-order valence-corrected chi connectivity index (χ2v) is 8.68. The highest BCUT2D eigenvalue weighted by atomic mass is 16.6. The zero-order valence-electron chi connectivity index (χ0n) is 19.1. The standard InChI is InChI=1S/C22H35N5O4/c1-17(2)31-22(29)27-9-7-18(8-10-27)16-30-19-5-6-20(23-15-19)25-11-13-26(14-12-25)21(28)24(3)4/h5-6,15,17-18H,7-14,16H2,1-4H3. The number of aromatic nitrogens is 1. The molecule has 0 aliphatic carbocycles. The van der Waals surface area contributed by atoms with Crippen molar-refractivity contribution in [1.82, 2.24) is 19.7 Å². The number of amides is 3. The van der Waals surface area contributed by atoms with Crippen molar-refractivity contribution in [3.05, 3.63) is 18.3 Å². The largest absolute Gasteiger partial charge is 0.492 e. The molecule has 0 N–H and O–H groups in total. The summed E-state index contributed by atoms with van der Waals surface area (Å²) in [6.45, 7) is 8.70. The number of pyridine rings is 1. The van der Waals surface area contributed by atoms with Gasteiger partial charge >= 0.3 is 12.1 Å². The first-order valence-electron chi connectivity index (χ1n) is 11.1. The number of nitrogens with zero attached hydrogens (tertiary/aromatic N) is 5. The number of hydrogen-bond donors (Lipinski definition) is 0. The first-order chi connectivity index (χ1) is 14.8. The van der Waals surface area contributed by atoms with E-state index < -0.39 is 0 Å². The molecule has 0 unspecified atom stereocenters. The smallest absolute Gasteiger partial charge is 0.410 e. The molecule has 9 heteroatoms. The Kier molecular flexibility index (Phi) is 7.81. The maximum Gasteiger partial charge on any atom is 0.410 e. The van der Waals surface area contributed by atoms with Crippen LogP contribution < -0.4 is 9.64 Å². The predicted octanol–water partition coefficient (Wildman–Crippen LogP) is 2.52. The number of piperidine rings is 1. The van der Waals surface area contributed by atoms with Crippen molar-refractivity contribution in [3.63, 3.8) is 0 Å². The quantitative estimate of drug-likeness (QED) is 0.710. The van der Waals surface area contributed by atoms with Crippen LogP contribution in [0.4, 0.5) is 15.4 Å². The summed E-state index contributed by atoms with van der Waals surface area (Å²) in [6, 6.07) is 3.98. The van der Waals surface area contributed by atoms with Gasteiger partial charge in [0.05, 0.1) is 18.9 Å². The number of ether oxygens (including phenoxy) is 2. The first-order valence-corrected chi connectivity index (χ1v) is 11.1. The maximum atomic E-state index is 12.1. The van der Waals surface area contributed by atoms with Gasteiger partial charge in [0.25, 0.3) is 0 Å². The Hall–Kier alpha value is -2.71. The molecule has 1 aromatic heterocycles. The van der Waals surface area contributed by atoms with Crippen LogP contribution in [0.15, 0.2) is 18.3 Å². The van der Waals surface area contributed by atoms with E-state index in [1.165, 1.54) is 0 Å². The molecule has 0 spiro atoms. The lowest BCUT2D eigenvalue weighted by atomic mass is 9.98. The molecule has 0 bridgehead atoms. The van der Waals surface area contributed by atoms with Crippen molar-refractivity contribution < 1.29 is 19.1 Å². The fourth-order valence-corrected chi connectivity index (χ4v) is 3.83. The van der Waals surface area contributed by atoms with E-state index in [4.69, 9.17) is 9.47 Å². The molecule has 0 saturated carbocycles. The summed E-state index contributed by atoms with van der Waals surface area (Å²) >= 11 is 0. The number of piperazine rings is 1. The van der Waals surface area contributed by atoms with Gasteiger partial charge in [-0.3, -0.25) is 0 Å². The average molecular weight is 434 g/mol. The molecular formula is C22H35N5O4. The van der Waals surface area contributed by atoms with Crippen LogP contribution in [0.5, 0.6) is 5.75 Å². The SMILES string of the molecule is CC(C)OC(=O)N1CCC(COc2ccc(N3CCN(C(=O)N(C)C)CC3)nc2)CC1. The molecule has 3 rings (SSSR count). The molecular weight excluding hydrogens is 398 g/mol. The Morgan fingerprint density at radius 2 is 1.74 bits per heavy atom. The summed E-state index contributed by atoms with van der Waals surface area (Å²) in [6.07, 6.45) is 3.28. The minimum absolute atomic E-state index is 0.0546. The predicted molar refractivity (Wildman–Crippen MR) is 119 cm³/mol. The number of urea groups is 1. The molecule has 0 radical (unpaired) electrons. The van der Waals surface area contributed by atoms with Gasteiger partial charge in [0.15, 0.2) is 0 Å². The van der Waals surface area contributed by atoms with Gasteiger partial charge in [0.2, 0.25) is 0 Å². The summed E-state index contributed by atoms with van der Waals surface area (Å²) in [5.41, 5.74) is 0. The van der Waals surface area contributed by atoms with Crippen molar-refractivity contribution in [2.45, 2.75) is 32.8 Å². The van der Waals surface area contributed by atoms with Gasteiger partial charge in [-0.15, -0.1) is 0 Å². The van der Waals surface area contributed by atoms with Crippen molar-refractivity contribution in [3.8, 4) is 5.75 Å². The Morgan fingerprint density at radius 1 is 1.06 bits per heavy atom. The Balaban J connectivity index is 1.40. The molecule has 1 aromatic rings. The number of likely N-dealkylation sites (tertiary alicyclic amines) is 1. The van der Waals surface area contributed by atoms with E-state index in [0.29, 0.717) is 38.7 Å². The molecule has 2 saturated heterocycles. The van der Waals surface area contributed by atoms with E-state index in [1.807, 2.05) is 30.9 Å². The zero-order valence-corrected chi connectivity index (χ0v) is 19.1. The average Bonchev–Trinajstić information content (AvgIpc) is 2.77. The molecule has 2 aliphatic rings. The second-order valence-electron chi connectivity index (χ2n) is 8.68. The van der Waals surface area contributed by atoms with Gasteiger partial charge in [-0.1, -0.05) is 0 Å². The Bertz CT molecular complexity index is 724. The lowest BCUT2D eigenvalue weighted by Crippen LogP contribution is -2.51. The summed E-state index contributed by atoms with van der Waals surface area (Å²) in [7, 11) is 3.55. The van der Waals surface area contributed by atoms with E-state index in [9.17, 15) is 9.59 Å². The molecule has 31 heavy (non-hydrogen) atoms. The number of anilines is 1. The van der Waals surface area contributed by atoms with Gasteiger partial charge < -0.3 is 29.1 Å². The van der Waals surface area contributed by atoms with Gasteiger partial charge in [-0.2, -0.15) is 0 Å². The molecule has 172 valence electrons. The van der Waals surface area contributed by atoms with Crippen LogP contribution in [-0.2, 0) is 4.74 Å². The van der Waals surface area contributed by atoms with Gasteiger partial charge in [0.1, 0.15) is 11.6 Å². The minimum atomic E-state index is -0.221.